The van der Waals surface area contributed by atoms with Gasteiger partial charge in [-0.2, -0.15) is 4.98 Å². The number of nitrogens with zero attached hydrogens (tertiary/aromatic N) is 2. The van der Waals surface area contributed by atoms with Crippen LogP contribution in [0.1, 0.15) is 17.3 Å². The zero-order chi connectivity index (χ0) is 21.7. The van der Waals surface area contributed by atoms with Gasteiger partial charge < -0.3 is 15.8 Å². The summed E-state index contributed by atoms with van der Waals surface area (Å²) in [4.78, 5) is 40.1. The first-order chi connectivity index (χ1) is 14.4. The van der Waals surface area contributed by atoms with Gasteiger partial charge in [0, 0.05) is 17.4 Å². The molecule has 0 spiro atoms. The normalized spacial score (nSPS) is 11.5. The number of benzene rings is 2. The standard InChI is InChI=1S/C21H20N4O4S/c1-13(19(27)23-15-10-8-14(9-11-15)20(28)29-2)30-21-24-18(26)12-17(22)25(21)16-6-4-3-5-7-16/h3-13H,22H2,1-2H3,(H,23,27). The lowest BCUT2D eigenvalue weighted by molar-refractivity contribution is -0.115. The lowest BCUT2D eigenvalue weighted by atomic mass is 10.2. The Labute approximate surface area is 177 Å². The minimum atomic E-state index is -0.575. The molecule has 154 valence electrons. The highest BCUT2D eigenvalue weighted by atomic mass is 32.2. The molecule has 1 unspecified atom stereocenters. The second-order valence-electron chi connectivity index (χ2n) is 6.29. The highest BCUT2D eigenvalue weighted by Crippen LogP contribution is 2.26. The van der Waals surface area contributed by atoms with E-state index in [9.17, 15) is 14.4 Å². The second-order valence-corrected chi connectivity index (χ2v) is 7.60. The molecule has 1 heterocycles. The number of anilines is 2. The van der Waals surface area contributed by atoms with Crippen LogP contribution < -0.4 is 16.6 Å². The third-order valence-corrected chi connectivity index (χ3v) is 5.22. The number of aromatic nitrogens is 2. The molecule has 8 nitrogen and oxygen atoms in total. The number of nitrogens with two attached hydrogens (primary N) is 1. The molecular formula is C21H20N4O4S. The maximum atomic E-state index is 12.6. The number of hydrogen-bond donors (Lipinski definition) is 2. The van der Waals surface area contributed by atoms with Gasteiger partial charge in [0.2, 0.25) is 5.91 Å². The molecule has 0 aliphatic carbocycles. The predicted molar refractivity (Wildman–Crippen MR) is 116 cm³/mol. The molecule has 3 aromatic rings. The monoisotopic (exact) mass is 424 g/mol. The number of nitrogen functional groups attached to an aromatic ring is 1. The number of carbonyl (C=O) groups excluding carboxylic acids is 2. The Bertz CT molecular complexity index is 1110. The van der Waals surface area contributed by atoms with Crippen molar-refractivity contribution in [2.45, 2.75) is 17.3 Å². The molecule has 0 saturated carbocycles. The average Bonchev–Trinajstić information content (AvgIpc) is 2.74. The number of esters is 1. The summed E-state index contributed by atoms with van der Waals surface area (Å²) in [6, 6.07) is 16.8. The number of carbonyl (C=O) groups is 2. The van der Waals surface area contributed by atoms with E-state index in [-0.39, 0.29) is 11.7 Å². The molecule has 2 aromatic carbocycles. The van der Waals surface area contributed by atoms with Gasteiger partial charge in [0.1, 0.15) is 5.82 Å². The molecule has 0 fully saturated rings. The van der Waals surface area contributed by atoms with E-state index in [2.05, 4.69) is 15.0 Å². The molecule has 0 radical (unpaired) electrons. The third kappa shape index (κ3) is 4.87. The van der Waals surface area contributed by atoms with Crippen LogP contribution in [0.3, 0.4) is 0 Å². The number of hydrogen-bond acceptors (Lipinski definition) is 7. The number of ether oxygens (including phenoxy) is 1. The molecule has 0 aliphatic heterocycles. The summed E-state index contributed by atoms with van der Waals surface area (Å²) in [5.74, 6) is -0.514. The van der Waals surface area contributed by atoms with E-state index in [1.165, 1.54) is 13.2 Å². The number of rotatable bonds is 6. The third-order valence-electron chi connectivity index (χ3n) is 4.17. The Kier molecular flexibility index (Phi) is 6.53. The Morgan fingerprint density at radius 2 is 1.80 bits per heavy atom. The van der Waals surface area contributed by atoms with Crippen molar-refractivity contribution in [1.29, 1.82) is 0 Å². The highest BCUT2D eigenvalue weighted by Gasteiger charge is 2.19. The fourth-order valence-electron chi connectivity index (χ4n) is 2.66. The largest absolute Gasteiger partial charge is 0.465 e. The van der Waals surface area contributed by atoms with Crippen LogP contribution in [0.2, 0.25) is 0 Å². The summed E-state index contributed by atoms with van der Waals surface area (Å²) in [5, 5.41) is 2.52. The first kappa shape index (κ1) is 21.1. The topological polar surface area (TPSA) is 116 Å². The lowest BCUT2D eigenvalue weighted by Gasteiger charge is -2.17. The second kappa shape index (κ2) is 9.27. The molecule has 30 heavy (non-hydrogen) atoms. The summed E-state index contributed by atoms with van der Waals surface area (Å²) in [6.45, 7) is 1.70. The van der Waals surface area contributed by atoms with Crippen molar-refractivity contribution in [3.63, 3.8) is 0 Å². The maximum Gasteiger partial charge on any atom is 0.337 e. The van der Waals surface area contributed by atoms with Crippen molar-refractivity contribution >= 4 is 35.1 Å². The smallest absolute Gasteiger partial charge is 0.337 e. The number of methoxy groups -OCH3 is 1. The molecule has 1 aromatic heterocycles. The van der Waals surface area contributed by atoms with Gasteiger partial charge in [-0.15, -0.1) is 0 Å². The molecule has 0 saturated heterocycles. The van der Waals surface area contributed by atoms with E-state index in [0.717, 1.165) is 17.4 Å². The summed E-state index contributed by atoms with van der Waals surface area (Å²) < 4.78 is 6.28. The molecule has 9 heteroatoms. The summed E-state index contributed by atoms with van der Waals surface area (Å²) in [5.41, 5.74) is 7.22. The predicted octanol–water partition coefficient (Wildman–Crippen LogP) is 2.72. The van der Waals surface area contributed by atoms with Crippen LogP contribution in [0.5, 0.6) is 0 Å². The van der Waals surface area contributed by atoms with Crippen LogP contribution in [0.25, 0.3) is 5.69 Å². The van der Waals surface area contributed by atoms with Gasteiger partial charge in [-0.05, 0) is 43.3 Å². The van der Waals surface area contributed by atoms with Crippen LogP contribution in [-0.4, -0.2) is 33.8 Å². The zero-order valence-corrected chi connectivity index (χ0v) is 17.2. The zero-order valence-electron chi connectivity index (χ0n) is 16.4. The Morgan fingerprint density at radius 1 is 1.13 bits per heavy atom. The van der Waals surface area contributed by atoms with Crippen molar-refractivity contribution in [2.75, 3.05) is 18.2 Å². The minimum Gasteiger partial charge on any atom is -0.465 e. The first-order valence-electron chi connectivity index (χ1n) is 9.00. The van der Waals surface area contributed by atoms with E-state index < -0.39 is 16.8 Å². The Hall–Kier alpha value is -3.59. The van der Waals surface area contributed by atoms with Crippen LogP contribution in [-0.2, 0) is 9.53 Å². The van der Waals surface area contributed by atoms with Gasteiger partial charge >= 0.3 is 5.97 Å². The summed E-state index contributed by atoms with van der Waals surface area (Å²) in [6.07, 6.45) is 0. The van der Waals surface area contributed by atoms with Gasteiger partial charge in [-0.1, -0.05) is 30.0 Å². The first-order valence-corrected chi connectivity index (χ1v) is 9.88. The van der Waals surface area contributed by atoms with Gasteiger partial charge in [0.25, 0.3) is 5.56 Å². The van der Waals surface area contributed by atoms with E-state index in [0.29, 0.717) is 16.4 Å². The van der Waals surface area contributed by atoms with Crippen molar-refractivity contribution in [1.82, 2.24) is 9.55 Å². The van der Waals surface area contributed by atoms with Crippen LogP contribution in [0.4, 0.5) is 11.5 Å². The van der Waals surface area contributed by atoms with Crippen LogP contribution in [0.15, 0.2) is 70.6 Å². The molecular weight excluding hydrogens is 404 g/mol. The van der Waals surface area contributed by atoms with Gasteiger partial charge in [-0.3, -0.25) is 14.2 Å². The van der Waals surface area contributed by atoms with Crippen molar-refractivity contribution in [3.05, 3.63) is 76.6 Å². The number of amides is 1. The number of para-hydroxylation sites is 1. The molecule has 0 aliphatic rings. The van der Waals surface area contributed by atoms with E-state index in [1.54, 1.807) is 35.8 Å². The Morgan fingerprint density at radius 3 is 2.43 bits per heavy atom. The average molecular weight is 424 g/mol. The maximum absolute atomic E-state index is 12.6. The molecule has 1 atom stereocenters. The van der Waals surface area contributed by atoms with E-state index in [4.69, 9.17) is 5.73 Å². The molecule has 3 rings (SSSR count). The van der Waals surface area contributed by atoms with Crippen molar-refractivity contribution in [2.24, 2.45) is 0 Å². The van der Waals surface area contributed by atoms with Crippen molar-refractivity contribution < 1.29 is 14.3 Å². The fraction of sp³-hybridized carbons (Fsp3) is 0.143. The number of nitrogens with one attached hydrogen (secondary N) is 1. The molecule has 3 N–H and O–H groups in total. The quantitative estimate of drug-likeness (QED) is 0.355. The van der Waals surface area contributed by atoms with Crippen molar-refractivity contribution in [3.8, 4) is 5.69 Å². The van der Waals surface area contributed by atoms with E-state index >= 15 is 0 Å². The SMILES string of the molecule is COC(=O)c1ccc(NC(=O)C(C)Sc2nc(=O)cc(N)n2-c2ccccc2)cc1. The minimum absolute atomic E-state index is 0.231. The number of thioether (sulfide) groups is 1. The lowest BCUT2D eigenvalue weighted by Crippen LogP contribution is -2.24. The van der Waals surface area contributed by atoms with Gasteiger partial charge in [0.05, 0.1) is 17.9 Å². The van der Waals surface area contributed by atoms with E-state index in [1.807, 2.05) is 30.3 Å². The van der Waals surface area contributed by atoms with Gasteiger partial charge in [-0.25, -0.2) is 4.79 Å². The molecule has 1 amide bonds. The summed E-state index contributed by atoms with van der Waals surface area (Å²) >= 11 is 1.12. The van der Waals surface area contributed by atoms with Crippen LogP contribution in [0, 0.1) is 0 Å². The molecule has 0 bridgehead atoms. The fourth-order valence-corrected chi connectivity index (χ4v) is 3.60. The summed E-state index contributed by atoms with van der Waals surface area (Å²) in [7, 11) is 1.30. The van der Waals surface area contributed by atoms with Crippen LogP contribution >= 0.6 is 11.8 Å². The van der Waals surface area contributed by atoms with Gasteiger partial charge in [0.15, 0.2) is 5.16 Å². The highest BCUT2D eigenvalue weighted by molar-refractivity contribution is 8.00. The Balaban J connectivity index is 1.79.